The van der Waals surface area contributed by atoms with Crippen LogP contribution >= 0.6 is 23.2 Å². The first-order chi connectivity index (χ1) is 15.1. The van der Waals surface area contributed by atoms with Crippen LogP contribution in [0.1, 0.15) is 63.6 Å². The summed E-state index contributed by atoms with van der Waals surface area (Å²) in [6, 6.07) is 12.9. The van der Waals surface area contributed by atoms with Crippen molar-refractivity contribution in [3.8, 4) is 0 Å². The predicted octanol–water partition coefficient (Wildman–Crippen LogP) is 6.24. The molecule has 0 saturated carbocycles. The molecular formula is C26H34Cl2N2O2. The number of nitrogens with zero attached hydrogens (tertiary/aromatic N) is 1. The Morgan fingerprint density at radius 1 is 0.969 bits per heavy atom. The Balaban J connectivity index is 2.15. The molecule has 2 rings (SSSR count). The van der Waals surface area contributed by atoms with E-state index in [-0.39, 0.29) is 18.4 Å². The van der Waals surface area contributed by atoms with Crippen molar-refractivity contribution in [2.45, 2.75) is 66.0 Å². The van der Waals surface area contributed by atoms with Crippen LogP contribution in [-0.4, -0.2) is 29.3 Å². The summed E-state index contributed by atoms with van der Waals surface area (Å²) in [5.41, 5.74) is 3.13. The van der Waals surface area contributed by atoms with Gasteiger partial charge in [0.1, 0.15) is 6.04 Å². The summed E-state index contributed by atoms with van der Waals surface area (Å²) in [5, 5.41) is 3.94. The fourth-order valence-electron chi connectivity index (χ4n) is 3.33. The lowest BCUT2D eigenvalue weighted by molar-refractivity contribution is -0.140. The number of carbonyl (C=O) groups is 2. The van der Waals surface area contributed by atoms with E-state index in [0.717, 1.165) is 11.1 Å². The van der Waals surface area contributed by atoms with E-state index in [2.05, 4.69) is 43.4 Å². The first-order valence-corrected chi connectivity index (χ1v) is 11.9. The predicted molar refractivity (Wildman–Crippen MR) is 133 cm³/mol. The van der Waals surface area contributed by atoms with E-state index < -0.39 is 6.04 Å². The number of carbonyl (C=O) groups excluding carboxylic acids is 2. The Hall–Kier alpha value is -2.04. The van der Waals surface area contributed by atoms with Crippen molar-refractivity contribution in [1.82, 2.24) is 10.2 Å². The summed E-state index contributed by atoms with van der Waals surface area (Å²) in [6.07, 6.45) is 0.927. The van der Waals surface area contributed by atoms with Crippen molar-refractivity contribution in [1.29, 1.82) is 0 Å². The first-order valence-electron chi connectivity index (χ1n) is 11.2. The maximum Gasteiger partial charge on any atom is 0.242 e. The molecule has 0 aliphatic carbocycles. The second kappa shape index (κ2) is 12.3. The van der Waals surface area contributed by atoms with Crippen LogP contribution in [0.15, 0.2) is 42.5 Å². The number of aryl methyl sites for hydroxylation is 1. The minimum Gasteiger partial charge on any atom is -0.354 e. The van der Waals surface area contributed by atoms with Crippen molar-refractivity contribution in [2.75, 3.05) is 6.54 Å². The van der Waals surface area contributed by atoms with Gasteiger partial charge in [0.05, 0.1) is 0 Å². The van der Waals surface area contributed by atoms with Crippen LogP contribution in [0.2, 0.25) is 10.0 Å². The maximum atomic E-state index is 13.2. The normalized spacial score (nSPS) is 12.2. The van der Waals surface area contributed by atoms with Crippen LogP contribution < -0.4 is 5.32 Å². The molecule has 0 aliphatic rings. The monoisotopic (exact) mass is 476 g/mol. The number of benzene rings is 2. The third-order valence-corrected chi connectivity index (χ3v) is 6.07. The first kappa shape index (κ1) is 26.2. The summed E-state index contributed by atoms with van der Waals surface area (Å²) in [6.45, 7) is 11.0. The Morgan fingerprint density at radius 3 is 2.19 bits per heavy atom. The molecule has 6 heteroatoms. The zero-order valence-corrected chi connectivity index (χ0v) is 21.1. The van der Waals surface area contributed by atoms with Crippen molar-refractivity contribution in [2.24, 2.45) is 5.92 Å². The van der Waals surface area contributed by atoms with E-state index in [1.54, 1.807) is 30.0 Å². The van der Waals surface area contributed by atoms with Crippen molar-refractivity contribution < 1.29 is 9.59 Å². The van der Waals surface area contributed by atoms with E-state index in [0.29, 0.717) is 41.3 Å². The van der Waals surface area contributed by atoms with Gasteiger partial charge < -0.3 is 10.2 Å². The minimum absolute atomic E-state index is 0.0869. The highest BCUT2D eigenvalue weighted by molar-refractivity contribution is 6.35. The number of nitrogens with one attached hydrogen (secondary N) is 1. The summed E-state index contributed by atoms with van der Waals surface area (Å²) < 4.78 is 0. The molecule has 1 atom stereocenters. The number of amides is 2. The quantitative estimate of drug-likeness (QED) is 0.441. The Kier molecular flexibility index (Phi) is 10.0. The lowest BCUT2D eigenvalue weighted by Gasteiger charge is -2.29. The van der Waals surface area contributed by atoms with Crippen molar-refractivity contribution >= 4 is 35.0 Å². The van der Waals surface area contributed by atoms with Crippen molar-refractivity contribution in [3.05, 3.63) is 69.2 Å². The van der Waals surface area contributed by atoms with Crippen LogP contribution in [0.25, 0.3) is 0 Å². The summed E-state index contributed by atoms with van der Waals surface area (Å²) in [7, 11) is 0. The average Bonchev–Trinajstić information content (AvgIpc) is 2.75. The molecule has 174 valence electrons. The van der Waals surface area contributed by atoms with Gasteiger partial charge in [-0.25, -0.2) is 0 Å². The third kappa shape index (κ3) is 7.83. The standard InChI is InChI=1S/C26H34Cl2N2O2/c1-17(2)15-29-26(32)19(5)30(16-22-11-12-23(27)14-24(22)28)25(31)13-8-20-6-9-21(10-7-20)18(3)4/h6-7,9-12,14,17-19H,8,13,15-16H2,1-5H3,(H,29,32). The number of hydrogen-bond acceptors (Lipinski definition) is 2. The van der Waals surface area contributed by atoms with Crippen LogP contribution in [-0.2, 0) is 22.6 Å². The summed E-state index contributed by atoms with van der Waals surface area (Å²) in [4.78, 5) is 27.6. The van der Waals surface area contributed by atoms with E-state index in [9.17, 15) is 9.59 Å². The third-order valence-electron chi connectivity index (χ3n) is 5.48. The molecule has 0 saturated heterocycles. The molecule has 0 bridgehead atoms. The fourth-order valence-corrected chi connectivity index (χ4v) is 3.80. The fraction of sp³-hybridized carbons (Fsp3) is 0.462. The van der Waals surface area contributed by atoms with Crippen LogP contribution in [0, 0.1) is 5.92 Å². The van der Waals surface area contributed by atoms with Gasteiger partial charge in [-0.3, -0.25) is 9.59 Å². The zero-order chi connectivity index (χ0) is 23.8. The van der Waals surface area contributed by atoms with E-state index in [4.69, 9.17) is 23.2 Å². The lowest BCUT2D eigenvalue weighted by atomic mass is 10.00. The molecular weight excluding hydrogens is 443 g/mol. The van der Waals surface area contributed by atoms with Gasteiger partial charge in [0.25, 0.3) is 0 Å². The number of rotatable bonds is 10. The van der Waals surface area contributed by atoms with Crippen LogP contribution in [0.3, 0.4) is 0 Å². The molecule has 0 radical (unpaired) electrons. The molecule has 1 N–H and O–H groups in total. The average molecular weight is 477 g/mol. The van der Waals surface area contributed by atoms with Crippen LogP contribution in [0.4, 0.5) is 0 Å². The summed E-state index contributed by atoms with van der Waals surface area (Å²) in [5.74, 6) is 0.542. The molecule has 2 aromatic carbocycles. The Labute approximate surface area is 202 Å². The molecule has 2 amide bonds. The smallest absolute Gasteiger partial charge is 0.242 e. The molecule has 0 aromatic heterocycles. The van der Waals surface area contributed by atoms with Gasteiger partial charge >= 0.3 is 0 Å². The molecule has 32 heavy (non-hydrogen) atoms. The molecule has 0 fully saturated rings. The second-order valence-corrected chi connectivity index (χ2v) is 9.81. The highest BCUT2D eigenvalue weighted by Crippen LogP contribution is 2.24. The molecule has 0 aliphatic heterocycles. The van der Waals surface area contributed by atoms with Gasteiger partial charge in [0, 0.05) is 29.6 Å². The van der Waals surface area contributed by atoms with E-state index in [1.807, 2.05) is 13.8 Å². The largest absolute Gasteiger partial charge is 0.354 e. The number of hydrogen-bond donors (Lipinski definition) is 1. The van der Waals surface area contributed by atoms with Crippen molar-refractivity contribution in [3.63, 3.8) is 0 Å². The van der Waals surface area contributed by atoms with Gasteiger partial charge in [-0.2, -0.15) is 0 Å². The van der Waals surface area contributed by atoms with Gasteiger partial charge in [0.15, 0.2) is 0 Å². The molecule has 0 heterocycles. The van der Waals surface area contributed by atoms with E-state index in [1.165, 1.54) is 5.56 Å². The zero-order valence-electron chi connectivity index (χ0n) is 19.6. The van der Waals surface area contributed by atoms with Gasteiger partial charge in [0.2, 0.25) is 11.8 Å². The Morgan fingerprint density at radius 2 is 1.62 bits per heavy atom. The molecule has 4 nitrogen and oxygen atoms in total. The second-order valence-electron chi connectivity index (χ2n) is 8.97. The number of halogens is 2. The summed E-state index contributed by atoms with van der Waals surface area (Å²) >= 11 is 12.4. The lowest BCUT2D eigenvalue weighted by Crippen LogP contribution is -2.48. The molecule has 2 aromatic rings. The highest BCUT2D eigenvalue weighted by atomic mass is 35.5. The van der Waals surface area contributed by atoms with Gasteiger partial charge in [-0.05, 0) is 54.0 Å². The van der Waals surface area contributed by atoms with Crippen LogP contribution in [0.5, 0.6) is 0 Å². The Bertz CT molecular complexity index is 911. The molecule has 0 spiro atoms. The van der Waals surface area contributed by atoms with Gasteiger partial charge in [-0.1, -0.05) is 81.2 Å². The highest BCUT2D eigenvalue weighted by Gasteiger charge is 2.26. The SMILES string of the molecule is CC(C)CNC(=O)C(C)N(Cc1ccc(Cl)cc1Cl)C(=O)CCc1ccc(C(C)C)cc1. The molecule has 1 unspecified atom stereocenters. The van der Waals surface area contributed by atoms with Gasteiger partial charge in [-0.15, -0.1) is 0 Å². The maximum absolute atomic E-state index is 13.2. The van der Waals surface area contributed by atoms with E-state index >= 15 is 0 Å². The minimum atomic E-state index is -0.615. The topological polar surface area (TPSA) is 49.4 Å².